The molecular weight excluding hydrogens is 232 g/mol. The van der Waals surface area contributed by atoms with Crippen LogP contribution in [0.2, 0.25) is 0 Å². The highest BCUT2D eigenvalue weighted by molar-refractivity contribution is 6.76. The molecule has 5 heteroatoms. The third-order valence-electron chi connectivity index (χ3n) is 1.52. The number of rotatable bonds is 2. The highest BCUT2D eigenvalue weighted by Crippen LogP contribution is 2.30. The van der Waals surface area contributed by atoms with Gasteiger partial charge in [0, 0.05) is 11.8 Å². The van der Waals surface area contributed by atoms with Crippen molar-refractivity contribution >= 4 is 46.3 Å². The van der Waals surface area contributed by atoms with E-state index in [4.69, 9.17) is 40.2 Å². The van der Waals surface area contributed by atoms with Crippen molar-refractivity contribution in [2.75, 3.05) is 0 Å². The van der Waals surface area contributed by atoms with Crippen LogP contribution in [0.3, 0.4) is 0 Å². The molecule has 13 heavy (non-hydrogen) atoms. The Morgan fingerprint density at radius 3 is 1.85 bits per heavy atom. The number of carbonyl (C=O) groups excluding carboxylic acids is 1. The fraction of sp³-hybridized carbons (Fsp3) is 0.750. The Morgan fingerprint density at radius 2 is 1.62 bits per heavy atom. The Hall–Kier alpha value is 0.210. The van der Waals surface area contributed by atoms with Crippen LogP contribution in [0.1, 0.15) is 27.2 Å². The average molecular weight is 245 g/mol. The number of Topliss-reactive ketones (excluding diaryl/α,β-unsaturated/α-hetero) is 1. The second kappa shape index (κ2) is 4.16. The molecule has 0 aromatic heterocycles. The van der Waals surface area contributed by atoms with Crippen LogP contribution < -0.4 is 0 Å². The molecule has 0 bridgehead atoms. The number of carbonyl (C=O) groups is 1. The van der Waals surface area contributed by atoms with Crippen molar-refractivity contribution in [3.8, 4) is 0 Å². The van der Waals surface area contributed by atoms with Gasteiger partial charge in [-0.2, -0.15) is 0 Å². The Morgan fingerprint density at radius 1 is 1.23 bits per heavy atom. The molecule has 0 unspecified atom stereocenters. The average Bonchev–Trinajstić information content (AvgIpc) is 1.82. The molecule has 0 amide bonds. The second-order valence-electron chi connectivity index (χ2n) is 3.83. The first-order valence-corrected chi connectivity index (χ1v) is 4.86. The normalized spacial score (nSPS) is 12.8. The van der Waals surface area contributed by atoms with Crippen LogP contribution in [0.5, 0.6) is 0 Å². The van der Waals surface area contributed by atoms with E-state index in [-0.39, 0.29) is 17.9 Å². The Labute approximate surface area is 93.1 Å². The molecule has 1 N–H and O–H groups in total. The molecule has 76 valence electrons. The maximum Gasteiger partial charge on any atom is 0.228 e. The molecule has 0 atom stereocenters. The van der Waals surface area contributed by atoms with Gasteiger partial charge in [0.1, 0.15) is 5.78 Å². The van der Waals surface area contributed by atoms with Crippen molar-refractivity contribution in [2.24, 2.45) is 5.41 Å². The lowest BCUT2D eigenvalue weighted by Crippen LogP contribution is -2.28. The maximum absolute atomic E-state index is 11.4. The van der Waals surface area contributed by atoms with Crippen LogP contribution in [-0.2, 0) is 4.79 Å². The Bertz CT molecular complexity index is 201. The van der Waals surface area contributed by atoms with Crippen LogP contribution >= 0.6 is 34.8 Å². The number of halogens is 3. The van der Waals surface area contributed by atoms with Gasteiger partial charge < -0.3 is 5.41 Å². The zero-order valence-corrected chi connectivity index (χ0v) is 10.0. The molecule has 0 heterocycles. The van der Waals surface area contributed by atoms with Gasteiger partial charge in [-0.05, 0) is 0 Å². The van der Waals surface area contributed by atoms with E-state index in [1.54, 1.807) is 20.8 Å². The largest absolute Gasteiger partial charge is 0.305 e. The summed E-state index contributed by atoms with van der Waals surface area (Å²) in [6.07, 6.45) is -0.111. The van der Waals surface area contributed by atoms with Crippen molar-refractivity contribution in [1.82, 2.24) is 0 Å². The predicted molar refractivity (Wildman–Crippen MR) is 57.1 cm³/mol. The van der Waals surface area contributed by atoms with Crippen molar-refractivity contribution in [1.29, 1.82) is 5.41 Å². The number of hydrogen-bond donors (Lipinski definition) is 1. The lowest BCUT2D eigenvalue weighted by Gasteiger charge is -2.19. The van der Waals surface area contributed by atoms with E-state index in [0.717, 1.165) is 0 Å². The van der Waals surface area contributed by atoms with Gasteiger partial charge >= 0.3 is 0 Å². The van der Waals surface area contributed by atoms with E-state index in [0.29, 0.717) is 0 Å². The molecule has 0 spiro atoms. The molecule has 0 saturated heterocycles. The summed E-state index contributed by atoms with van der Waals surface area (Å²) in [5.41, 5.74) is -0.681. The second-order valence-corrected chi connectivity index (χ2v) is 6.11. The minimum atomic E-state index is -1.76. The SMILES string of the molecule is CC(C)(C)C(=O)CC(=N)C(Cl)(Cl)Cl. The molecule has 0 aromatic rings. The monoisotopic (exact) mass is 243 g/mol. The molecule has 0 aliphatic carbocycles. The topological polar surface area (TPSA) is 40.9 Å². The van der Waals surface area contributed by atoms with Crippen molar-refractivity contribution in [3.63, 3.8) is 0 Å². The van der Waals surface area contributed by atoms with E-state index in [2.05, 4.69) is 0 Å². The molecule has 0 aliphatic rings. The van der Waals surface area contributed by atoms with Gasteiger partial charge in [0.25, 0.3) is 0 Å². The Kier molecular flexibility index (Phi) is 4.23. The zero-order chi connectivity index (χ0) is 10.9. The highest BCUT2D eigenvalue weighted by Gasteiger charge is 2.31. The van der Waals surface area contributed by atoms with Gasteiger partial charge in [0.2, 0.25) is 3.79 Å². The summed E-state index contributed by atoms with van der Waals surface area (Å²) in [5, 5.41) is 7.33. The smallest absolute Gasteiger partial charge is 0.228 e. The van der Waals surface area contributed by atoms with Gasteiger partial charge in [-0.3, -0.25) is 4.79 Å². The van der Waals surface area contributed by atoms with E-state index in [1.807, 2.05) is 0 Å². The number of hydrogen-bond acceptors (Lipinski definition) is 2. The lowest BCUT2D eigenvalue weighted by molar-refractivity contribution is -0.125. The summed E-state index contributed by atoms with van der Waals surface area (Å²) in [5.74, 6) is -0.108. The molecule has 0 aliphatic heterocycles. The van der Waals surface area contributed by atoms with Gasteiger partial charge in [-0.1, -0.05) is 55.6 Å². The fourth-order valence-electron chi connectivity index (χ4n) is 0.526. The van der Waals surface area contributed by atoms with E-state index < -0.39 is 9.21 Å². The van der Waals surface area contributed by atoms with Gasteiger partial charge in [0.05, 0.1) is 5.71 Å². The molecule has 0 radical (unpaired) electrons. The maximum atomic E-state index is 11.4. The standard InChI is InChI=1S/C8H12Cl3NO/c1-7(2,3)6(13)4-5(12)8(9,10)11/h12H,4H2,1-3H3. The van der Waals surface area contributed by atoms with Crippen LogP contribution in [0, 0.1) is 10.8 Å². The Balaban J connectivity index is 4.34. The van der Waals surface area contributed by atoms with Crippen molar-refractivity contribution in [3.05, 3.63) is 0 Å². The van der Waals surface area contributed by atoms with Crippen LogP contribution in [-0.4, -0.2) is 15.3 Å². The summed E-state index contributed by atoms with van der Waals surface area (Å²) >= 11 is 16.3. The van der Waals surface area contributed by atoms with Crippen molar-refractivity contribution in [2.45, 2.75) is 31.0 Å². The predicted octanol–water partition coefficient (Wildman–Crippen LogP) is 3.38. The summed E-state index contributed by atoms with van der Waals surface area (Å²) in [6.45, 7) is 5.29. The molecule has 0 saturated carbocycles. The first kappa shape index (κ1) is 13.2. The number of ketones is 1. The third kappa shape index (κ3) is 4.84. The third-order valence-corrected chi connectivity index (χ3v) is 2.20. The number of nitrogens with one attached hydrogen (secondary N) is 1. The van der Waals surface area contributed by atoms with Gasteiger partial charge in [-0.25, -0.2) is 0 Å². The first-order chi connectivity index (χ1) is 5.55. The quantitative estimate of drug-likeness (QED) is 0.587. The summed E-state index contributed by atoms with van der Waals surface area (Å²) in [7, 11) is 0. The first-order valence-electron chi connectivity index (χ1n) is 3.73. The molecule has 2 nitrogen and oxygen atoms in total. The molecular formula is C8H12Cl3NO. The highest BCUT2D eigenvalue weighted by atomic mass is 35.6. The van der Waals surface area contributed by atoms with Crippen LogP contribution in [0.4, 0.5) is 0 Å². The summed E-state index contributed by atoms with van der Waals surface area (Å²) < 4.78 is -1.76. The summed E-state index contributed by atoms with van der Waals surface area (Å²) in [4.78, 5) is 11.4. The zero-order valence-electron chi connectivity index (χ0n) is 7.75. The van der Waals surface area contributed by atoms with Gasteiger partial charge in [0.15, 0.2) is 0 Å². The molecule has 0 aromatic carbocycles. The summed E-state index contributed by atoms with van der Waals surface area (Å²) in [6, 6.07) is 0. The van der Waals surface area contributed by atoms with E-state index >= 15 is 0 Å². The van der Waals surface area contributed by atoms with Gasteiger partial charge in [-0.15, -0.1) is 0 Å². The van der Waals surface area contributed by atoms with Crippen LogP contribution in [0.25, 0.3) is 0 Å². The van der Waals surface area contributed by atoms with Crippen LogP contribution in [0.15, 0.2) is 0 Å². The minimum absolute atomic E-state index is 0.108. The molecule has 0 fully saturated rings. The lowest BCUT2D eigenvalue weighted by atomic mass is 9.88. The minimum Gasteiger partial charge on any atom is -0.305 e. The molecule has 0 rings (SSSR count). The van der Waals surface area contributed by atoms with Crippen molar-refractivity contribution < 1.29 is 4.79 Å². The fourth-order valence-corrected chi connectivity index (χ4v) is 0.726. The van der Waals surface area contributed by atoms with E-state index in [9.17, 15) is 4.79 Å². The van der Waals surface area contributed by atoms with E-state index in [1.165, 1.54) is 0 Å². The number of alkyl halides is 3.